The summed E-state index contributed by atoms with van der Waals surface area (Å²) in [6, 6.07) is 8.35. The Morgan fingerprint density at radius 1 is 1.29 bits per heavy atom. The second-order valence-electron chi connectivity index (χ2n) is 6.05. The summed E-state index contributed by atoms with van der Waals surface area (Å²) in [5.74, 6) is 0.273. The van der Waals surface area contributed by atoms with Crippen molar-refractivity contribution in [3.63, 3.8) is 0 Å². The standard InChI is InChI=1S/C16H24N2O2S/c1-2-10-18(13-7-9-17-12-13)15-8-11-21(19,20)16-6-4-3-5-14(15)16/h3-6,13,15,17H,2,7-12H2,1H3. The van der Waals surface area contributed by atoms with Crippen molar-refractivity contribution in [1.82, 2.24) is 10.2 Å². The molecule has 2 aliphatic rings. The molecule has 0 aliphatic carbocycles. The highest BCUT2D eigenvalue weighted by Gasteiger charge is 2.36. The van der Waals surface area contributed by atoms with Crippen LogP contribution in [-0.4, -0.2) is 44.7 Å². The number of nitrogens with zero attached hydrogens (tertiary/aromatic N) is 1. The minimum absolute atomic E-state index is 0.245. The van der Waals surface area contributed by atoms with Gasteiger partial charge in [-0.15, -0.1) is 0 Å². The molecule has 5 heteroatoms. The van der Waals surface area contributed by atoms with Crippen LogP contribution >= 0.6 is 0 Å². The zero-order chi connectivity index (χ0) is 14.9. The maximum absolute atomic E-state index is 12.3. The zero-order valence-corrected chi connectivity index (χ0v) is 13.4. The summed E-state index contributed by atoms with van der Waals surface area (Å²) in [5, 5.41) is 3.43. The Morgan fingerprint density at radius 2 is 2.10 bits per heavy atom. The van der Waals surface area contributed by atoms with E-state index in [-0.39, 0.29) is 11.8 Å². The predicted octanol–water partition coefficient (Wildman–Crippen LogP) is 1.98. The third-order valence-electron chi connectivity index (χ3n) is 4.66. The van der Waals surface area contributed by atoms with Crippen LogP contribution in [0.15, 0.2) is 29.2 Å². The predicted molar refractivity (Wildman–Crippen MR) is 84.1 cm³/mol. The monoisotopic (exact) mass is 308 g/mol. The lowest BCUT2D eigenvalue weighted by Gasteiger charge is -2.39. The number of rotatable bonds is 4. The fourth-order valence-corrected chi connectivity index (χ4v) is 5.29. The first-order valence-electron chi connectivity index (χ1n) is 7.91. The molecule has 116 valence electrons. The molecule has 0 bridgehead atoms. The van der Waals surface area contributed by atoms with E-state index in [4.69, 9.17) is 0 Å². The molecular formula is C16H24N2O2S. The Kier molecular flexibility index (Phi) is 4.33. The molecule has 2 aliphatic heterocycles. The maximum atomic E-state index is 12.3. The van der Waals surface area contributed by atoms with Gasteiger partial charge in [0.25, 0.3) is 0 Å². The molecule has 0 spiro atoms. The molecule has 1 N–H and O–H groups in total. The van der Waals surface area contributed by atoms with Gasteiger partial charge in [-0.25, -0.2) is 8.42 Å². The molecule has 1 aromatic carbocycles. The lowest BCUT2D eigenvalue weighted by Crippen LogP contribution is -2.42. The number of hydrogen-bond acceptors (Lipinski definition) is 4. The van der Waals surface area contributed by atoms with Crippen molar-refractivity contribution in [2.45, 2.75) is 43.2 Å². The van der Waals surface area contributed by atoms with E-state index in [0.717, 1.165) is 44.5 Å². The number of hydrogen-bond donors (Lipinski definition) is 1. The van der Waals surface area contributed by atoms with Gasteiger partial charge >= 0.3 is 0 Å². The van der Waals surface area contributed by atoms with Crippen LogP contribution in [0.2, 0.25) is 0 Å². The molecule has 0 aromatic heterocycles. The smallest absolute Gasteiger partial charge is 0.178 e. The van der Waals surface area contributed by atoms with Crippen molar-refractivity contribution < 1.29 is 8.42 Å². The van der Waals surface area contributed by atoms with E-state index in [9.17, 15) is 8.42 Å². The quantitative estimate of drug-likeness (QED) is 0.924. The molecule has 21 heavy (non-hydrogen) atoms. The van der Waals surface area contributed by atoms with Crippen LogP contribution in [0.1, 0.15) is 37.8 Å². The summed E-state index contributed by atoms with van der Waals surface area (Å²) in [6.07, 6.45) is 2.98. The van der Waals surface area contributed by atoms with Crippen LogP contribution < -0.4 is 5.32 Å². The summed E-state index contributed by atoms with van der Waals surface area (Å²) >= 11 is 0. The molecule has 2 heterocycles. The second kappa shape index (κ2) is 6.07. The Hall–Kier alpha value is -0.910. The van der Waals surface area contributed by atoms with E-state index in [1.165, 1.54) is 0 Å². The zero-order valence-electron chi connectivity index (χ0n) is 12.6. The van der Waals surface area contributed by atoms with Crippen molar-refractivity contribution in [3.8, 4) is 0 Å². The van der Waals surface area contributed by atoms with Crippen molar-refractivity contribution in [2.75, 3.05) is 25.4 Å². The topological polar surface area (TPSA) is 49.4 Å². The van der Waals surface area contributed by atoms with Crippen molar-refractivity contribution in [3.05, 3.63) is 29.8 Å². The lowest BCUT2D eigenvalue weighted by atomic mass is 9.99. The summed E-state index contributed by atoms with van der Waals surface area (Å²) < 4.78 is 24.6. The van der Waals surface area contributed by atoms with Crippen molar-refractivity contribution in [2.24, 2.45) is 0 Å². The summed E-state index contributed by atoms with van der Waals surface area (Å²) in [7, 11) is -3.09. The SMILES string of the molecule is CCCN(C1CCNC1)C1CCS(=O)(=O)c2ccccc21. The first-order chi connectivity index (χ1) is 10.1. The Bertz CT molecular complexity index is 594. The molecule has 2 atom stereocenters. The maximum Gasteiger partial charge on any atom is 0.178 e. The molecule has 3 rings (SSSR count). The molecular weight excluding hydrogens is 284 g/mol. The summed E-state index contributed by atoms with van der Waals surface area (Å²) in [5.41, 5.74) is 1.00. The van der Waals surface area contributed by atoms with Crippen molar-refractivity contribution >= 4 is 9.84 Å². The van der Waals surface area contributed by atoms with Gasteiger partial charge in [-0.2, -0.15) is 0 Å². The Balaban J connectivity index is 1.97. The second-order valence-corrected chi connectivity index (χ2v) is 8.12. The molecule has 4 nitrogen and oxygen atoms in total. The van der Waals surface area contributed by atoms with Crippen molar-refractivity contribution in [1.29, 1.82) is 0 Å². The lowest BCUT2D eigenvalue weighted by molar-refractivity contribution is 0.135. The molecule has 1 fully saturated rings. The summed E-state index contributed by atoms with van der Waals surface area (Å²) in [6.45, 7) is 5.31. The van der Waals surface area contributed by atoms with Gasteiger partial charge in [0.05, 0.1) is 10.6 Å². The fraction of sp³-hybridized carbons (Fsp3) is 0.625. The molecule has 0 amide bonds. The highest BCUT2D eigenvalue weighted by molar-refractivity contribution is 7.91. The van der Waals surface area contributed by atoms with E-state index >= 15 is 0 Å². The van der Waals surface area contributed by atoms with Crippen LogP contribution in [0.25, 0.3) is 0 Å². The van der Waals surface area contributed by atoms with E-state index in [1.807, 2.05) is 18.2 Å². The third kappa shape index (κ3) is 2.87. The largest absolute Gasteiger partial charge is 0.315 e. The van der Waals surface area contributed by atoms with Crippen LogP contribution in [0.4, 0.5) is 0 Å². The molecule has 2 unspecified atom stereocenters. The number of fused-ring (bicyclic) bond motifs is 1. The van der Waals surface area contributed by atoms with Gasteiger partial charge in [-0.3, -0.25) is 4.90 Å². The molecule has 1 aromatic rings. The van der Waals surface area contributed by atoms with E-state index in [0.29, 0.717) is 10.9 Å². The Labute approximate surface area is 127 Å². The van der Waals surface area contributed by atoms with Gasteiger partial charge in [0.2, 0.25) is 0 Å². The number of nitrogens with one attached hydrogen (secondary N) is 1. The minimum atomic E-state index is -3.09. The van der Waals surface area contributed by atoms with Crippen LogP contribution in [0.3, 0.4) is 0 Å². The van der Waals surface area contributed by atoms with E-state index < -0.39 is 9.84 Å². The minimum Gasteiger partial charge on any atom is -0.315 e. The number of sulfone groups is 1. The van der Waals surface area contributed by atoms with E-state index in [2.05, 4.69) is 17.1 Å². The average Bonchev–Trinajstić information content (AvgIpc) is 3.00. The van der Waals surface area contributed by atoms with Crippen LogP contribution in [-0.2, 0) is 9.84 Å². The van der Waals surface area contributed by atoms with E-state index in [1.54, 1.807) is 6.07 Å². The molecule has 0 saturated carbocycles. The highest BCUT2D eigenvalue weighted by Crippen LogP contribution is 2.37. The van der Waals surface area contributed by atoms with Gasteiger partial charge in [0, 0.05) is 18.6 Å². The number of benzene rings is 1. The van der Waals surface area contributed by atoms with Gasteiger partial charge in [0.1, 0.15) is 0 Å². The first-order valence-corrected chi connectivity index (χ1v) is 9.57. The Morgan fingerprint density at radius 3 is 2.81 bits per heavy atom. The van der Waals surface area contributed by atoms with Crippen LogP contribution in [0.5, 0.6) is 0 Å². The van der Waals surface area contributed by atoms with Gasteiger partial charge in [-0.05, 0) is 44.0 Å². The highest BCUT2D eigenvalue weighted by atomic mass is 32.2. The normalized spacial score (nSPS) is 27.7. The fourth-order valence-electron chi connectivity index (χ4n) is 3.69. The van der Waals surface area contributed by atoms with Gasteiger partial charge < -0.3 is 5.32 Å². The average molecular weight is 308 g/mol. The molecule has 0 radical (unpaired) electrons. The summed E-state index contributed by atoms with van der Waals surface area (Å²) in [4.78, 5) is 3.08. The van der Waals surface area contributed by atoms with Crippen LogP contribution in [0, 0.1) is 0 Å². The van der Waals surface area contributed by atoms with Gasteiger partial charge in [0.15, 0.2) is 9.84 Å². The first kappa shape index (κ1) is 15.0. The third-order valence-corrected chi connectivity index (χ3v) is 6.47. The molecule has 1 saturated heterocycles. The van der Waals surface area contributed by atoms with Gasteiger partial charge in [-0.1, -0.05) is 25.1 Å².